The van der Waals surface area contributed by atoms with Crippen LogP contribution in [0.15, 0.2) is 48.5 Å². The van der Waals surface area contributed by atoms with Gasteiger partial charge in [-0.1, -0.05) is 30.3 Å². The highest BCUT2D eigenvalue weighted by Gasteiger charge is 2.35. The molecule has 0 aliphatic rings. The van der Waals surface area contributed by atoms with E-state index in [9.17, 15) is 22.8 Å². The topological polar surface area (TPSA) is 83.8 Å². The zero-order valence-electron chi connectivity index (χ0n) is 14.7. The number of benzene rings is 2. The first-order chi connectivity index (χ1) is 12.6. The maximum atomic E-state index is 13.0. The predicted octanol–water partition coefficient (Wildman–Crippen LogP) is 4.32. The van der Waals surface area contributed by atoms with E-state index in [1.165, 1.54) is 49.4 Å². The van der Waals surface area contributed by atoms with E-state index in [1.54, 1.807) is 6.92 Å². The van der Waals surface area contributed by atoms with Crippen molar-refractivity contribution < 1.29 is 37.7 Å². The minimum atomic E-state index is -4.59. The lowest BCUT2D eigenvalue weighted by Crippen LogP contribution is -2.17. The fraction of sp³-hybridized carbons (Fsp3) is 0.263. The van der Waals surface area contributed by atoms with Gasteiger partial charge in [-0.15, -0.1) is 0 Å². The quantitative estimate of drug-likeness (QED) is 0.767. The van der Waals surface area contributed by atoms with Crippen LogP contribution in [0.3, 0.4) is 0 Å². The molecule has 2 aromatic rings. The third kappa shape index (κ3) is 6.10. The van der Waals surface area contributed by atoms with Crippen LogP contribution < -0.4 is 0 Å². The standard InChI is InChI=1S/C17H13F3O4.C2H6O/c1-10(11-6-4-5-9-14(11)17(18,19)20)24-16(23)13-8-3-2-7-12(13)15(21)22;1-2-3/h2-10H,1H3,(H,21,22);3H,2H2,1H3. The molecule has 2 rings (SSSR count). The number of halogens is 3. The second kappa shape index (κ2) is 9.72. The van der Waals surface area contributed by atoms with Crippen molar-refractivity contribution >= 4 is 11.9 Å². The summed E-state index contributed by atoms with van der Waals surface area (Å²) >= 11 is 0. The summed E-state index contributed by atoms with van der Waals surface area (Å²) in [5.41, 5.74) is -1.61. The van der Waals surface area contributed by atoms with Gasteiger partial charge in [0.2, 0.25) is 0 Å². The van der Waals surface area contributed by atoms with Crippen LogP contribution in [0.5, 0.6) is 0 Å². The summed E-state index contributed by atoms with van der Waals surface area (Å²) in [5, 5.41) is 16.6. The van der Waals surface area contributed by atoms with E-state index in [2.05, 4.69) is 0 Å². The summed E-state index contributed by atoms with van der Waals surface area (Å²) in [7, 11) is 0. The fourth-order valence-electron chi connectivity index (χ4n) is 2.24. The Kier molecular flexibility index (Phi) is 7.99. The monoisotopic (exact) mass is 384 g/mol. The van der Waals surface area contributed by atoms with E-state index in [1.807, 2.05) is 0 Å². The molecule has 0 bridgehead atoms. The average molecular weight is 384 g/mol. The van der Waals surface area contributed by atoms with Crippen molar-refractivity contribution in [1.82, 2.24) is 0 Å². The Hall–Kier alpha value is -2.87. The molecule has 0 aliphatic heterocycles. The molecule has 2 aromatic carbocycles. The molecule has 0 radical (unpaired) electrons. The number of ether oxygens (including phenoxy) is 1. The van der Waals surface area contributed by atoms with Crippen LogP contribution >= 0.6 is 0 Å². The lowest BCUT2D eigenvalue weighted by atomic mass is 10.0. The molecular formula is C19H19F3O5. The van der Waals surface area contributed by atoms with Crippen LogP contribution in [0.1, 0.15) is 51.8 Å². The molecule has 0 amide bonds. The Morgan fingerprint density at radius 3 is 2.04 bits per heavy atom. The molecule has 0 saturated heterocycles. The van der Waals surface area contributed by atoms with Crippen molar-refractivity contribution in [2.45, 2.75) is 26.1 Å². The number of hydrogen-bond donors (Lipinski definition) is 2. The summed E-state index contributed by atoms with van der Waals surface area (Å²) in [6.07, 6.45) is -5.78. The molecule has 0 spiro atoms. The fourth-order valence-corrected chi connectivity index (χ4v) is 2.24. The largest absolute Gasteiger partial charge is 0.478 e. The normalized spacial score (nSPS) is 11.8. The van der Waals surface area contributed by atoms with Gasteiger partial charge in [0.05, 0.1) is 16.7 Å². The Balaban J connectivity index is 0.00000114. The smallest absolute Gasteiger partial charge is 0.416 e. The summed E-state index contributed by atoms with van der Waals surface area (Å²) < 4.78 is 44.1. The van der Waals surface area contributed by atoms with E-state index in [4.69, 9.17) is 14.9 Å². The van der Waals surface area contributed by atoms with Crippen molar-refractivity contribution in [2.24, 2.45) is 0 Å². The average Bonchev–Trinajstić information content (AvgIpc) is 2.61. The molecule has 1 unspecified atom stereocenters. The lowest BCUT2D eigenvalue weighted by Gasteiger charge is -2.19. The number of aliphatic hydroxyl groups excluding tert-OH is 1. The molecule has 1 atom stereocenters. The van der Waals surface area contributed by atoms with Gasteiger partial charge in [-0.25, -0.2) is 9.59 Å². The number of hydrogen-bond acceptors (Lipinski definition) is 4. The lowest BCUT2D eigenvalue weighted by molar-refractivity contribution is -0.139. The highest BCUT2D eigenvalue weighted by Crippen LogP contribution is 2.35. The van der Waals surface area contributed by atoms with Crippen molar-refractivity contribution in [3.63, 3.8) is 0 Å². The van der Waals surface area contributed by atoms with Crippen molar-refractivity contribution in [3.05, 3.63) is 70.8 Å². The number of carboxylic acid groups (broad SMARTS) is 1. The second-order valence-electron chi connectivity index (χ2n) is 5.30. The van der Waals surface area contributed by atoms with Crippen LogP contribution in [0.2, 0.25) is 0 Å². The van der Waals surface area contributed by atoms with Gasteiger partial charge >= 0.3 is 18.1 Å². The van der Waals surface area contributed by atoms with Crippen LogP contribution in [-0.2, 0) is 10.9 Å². The second-order valence-corrected chi connectivity index (χ2v) is 5.30. The number of aliphatic hydroxyl groups is 1. The molecule has 0 saturated carbocycles. The zero-order chi connectivity index (χ0) is 20.6. The maximum Gasteiger partial charge on any atom is 0.416 e. The predicted molar refractivity (Wildman–Crippen MR) is 91.4 cm³/mol. The maximum absolute atomic E-state index is 13.0. The van der Waals surface area contributed by atoms with Gasteiger partial charge in [-0.3, -0.25) is 0 Å². The first-order valence-corrected chi connectivity index (χ1v) is 7.93. The molecule has 0 aliphatic carbocycles. The summed E-state index contributed by atoms with van der Waals surface area (Å²) in [6.45, 7) is 3.23. The van der Waals surface area contributed by atoms with E-state index < -0.39 is 29.8 Å². The molecule has 27 heavy (non-hydrogen) atoms. The van der Waals surface area contributed by atoms with Crippen molar-refractivity contribution in [3.8, 4) is 0 Å². The Bertz CT molecular complexity index is 787. The van der Waals surface area contributed by atoms with Crippen LogP contribution in [0.4, 0.5) is 13.2 Å². The van der Waals surface area contributed by atoms with Crippen molar-refractivity contribution in [1.29, 1.82) is 0 Å². The third-order valence-electron chi connectivity index (χ3n) is 3.37. The van der Waals surface area contributed by atoms with Crippen LogP contribution in [0, 0.1) is 0 Å². The van der Waals surface area contributed by atoms with Crippen LogP contribution in [0.25, 0.3) is 0 Å². The number of carbonyl (C=O) groups excluding carboxylic acids is 1. The number of esters is 1. The Labute approximate surface area is 154 Å². The van der Waals surface area contributed by atoms with Gasteiger partial charge in [0, 0.05) is 12.2 Å². The number of alkyl halides is 3. The van der Waals surface area contributed by atoms with Gasteiger partial charge in [-0.2, -0.15) is 13.2 Å². The molecule has 2 N–H and O–H groups in total. The van der Waals surface area contributed by atoms with Crippen LogP contribution in [-0.4, -0.2) is 28.8 Å². The number of rotatable bonds is 4. The highest BCUT2D eigenvalue weighted by atomic mass is 19.4. The van der Waals surface area contributed by atoms with E-state index in [-0.39, 0.29) is 23.3 Å². The highest BCUT2D eigenvalue weighted by molar-refractivity contribution is 6.02. The Morgan fingerprint density at radius 1 is 1.04 bits per heavy atom. The number of carboxylic acids is 1. The minimum Gasteiger partial charge on any atom is -0.478 e. The van der Waals surface area contributed by atoms with Gasteiger partial charge in [0.25, 0.3) is 0 Å². The molecule has 0 heterocycles. The van der Waals surface area contributed by atoms with Gasteiger partial charge in [0.15, 0.2) is 0 Å². The summed E-state index contributed by atoms with van der Waals surface area (Å²) in [6, 6.07) is 10.1. The molecule has 5 nitrogen and oxygen atoms in total. The number of aromatic carboxylic acids is 1. The molecular weight excluding hydrogens is 365 g/mol. The summed E-state index contributed by atoms with van der Waals surface area (Å²) in [5.74, 6) is -2.33. The SMILES string of the molecule is CC(OC(=O)c1ccccc1C(=O)O)c1ccccc1C(F)(F)F.CCO. The molecule has 0 aromatic heterocycles. The number of carbonyl (C=O) groups is 2. The minimum absolute atomic E-state index is 0.203. The van der Waals surface area contributed by atoms with E-state index in [0.717, 1.165) is 6.07 Å². The third-order valence-corrected chi connectivity index (χ3v) is 3.37. The Morgan fingerprint density at radius 2 is 1.52 bits per heavy atom. The van der Waals surface area contributed by atoms with Gasteiger partial charge in [-0.05, 0) is 32.0 Å². The zero-order valence-corrected chi connectivity index (χ0v) is 14.7. The van der Waals surface area contributed by atoms with E-state index in [0.29, 0.717) is 0 Å². The first-order valence-electron chi connectivity index (χ1n) is 7.93. The molecule has 8 heteroatoms. The van der Waals surface area contributed by atoms with Gasteiger partial charge < -0.3 is 14.9 Å². The van der Waals surface area contributed by atoms with E-state index >= 15 is 0 Å². The summed E-state index contributed by atoms with van der Waals surface area (Å²) in [4.78, 5) is 23.3. The van der Waals surface area contributed by atoms with Gasteiger partial charge in [0.1, 0.15) is 6.10 Å². The van der Waals surface area contributed by atoms with Crippen molar-refractivity contribution in [2.75, 3.05) is 6.61 Å². The first kappa shape index (κ1) is 22.2. The molecule has 0 fully saturated rings. The molecule has 146 valence electrons.